The average molecular weight is 730 g/mol. The van der Waals surface area contributed by atoms with E-state index in [1.54, 1.807) is 26.5 Å². The maximum absolute atomic E-state index is 14.8. The number of hydrogen-bond donors (Lipinski definition) is 1. The summed E-state index contributed by atoms with van der Waals surface area (Å²) >= 11 is 0. The van der Waals surface area contributed by atoms with E-state index >= 15 is 0 Å². The molecule has 7 rings (SSSR count). The van der Waals surface area contributed by atoms with E-state index in [0.717, 1.165) is 22.0 Å². The lowest BCUT2D eigenvalue weighted by molar-refractivity contribution is -0.136. The molecule has 0 spiro atoms. The van der Waals surface area contributed by atoms with Crippen LogP contribution in [0.15, 0.2) is 54.7 Å². The van der Waals surface area contributed by atoms with Crippen molar-refractivity contribution in [1.82, 2.24) is 34.0 Å². The molecule has 1 N–H and O–H groups in total. The third kappa shape index (κ3) is 7.40. The molecular formula is C34H39F4N9O3S. The van der Waals surface area contributed by atoms with Crippen molar-refractivity contribution >= 4 is 44.7 Å². The largest absolute Gasteiger partial charge is 0.445 e. The molecule has 5 heterocycles. The lowest BCUT2D eigenvalue weighted by Crippen LogP contribution is -2.56. The van der Waals surface area contributed by atoms with Crippen molar-refractivity contribution in [3.05, 3.63) is 77.5 Å². The number of alkyl halides is 3. The quantitative estimate of drug-likeness (QED) is 0.131. The number of imidazole rings is 1. The number of anilines is 2. The second kappa shape index (κ2) is 13.8. The molecule has 17 heteroatoms. The second-order valence-corrected chi connectivity index (χ2v) is 18.2. The Bertz CT molecular complexity index is 2020. The highest BCUT2D eigenvalue weighted by molar-refractivity contribution is 8.32. The molecule has 1 amide bonds. The number of piperazine rings is 1. The minimum atomic E-state index is -4.72. The number of ether oxygens (including phenoxy) is 2. The van der Waals surface area contributed by atoms with Gasteiger partial charge in [-0.15, -0.1) is 0 Å². The fraction of sp³-hybridized carbons (Fsp3) is 0.441. The fourth-order valence-corrected chi connectivity index (χ4v) is 7.16. The molecule has 12 nitrogen and oxygen atoms in total. The van der Waals surface area contributed by atoms with E-state index < -0.39 is 39.3 Å². The van der Waals surface area contributed by atoms with Gasteiger partial charge in [0.2, 0.25) is 11.9 Å². The van der Waals surface area contributed by atoms with Gasteiger partial charge in [0, 0.05) is 18.8 Å². The molecule has 2 atom stereocenters. The molecule has 5 aromatic rings. The SMILES string of the molecule is CS(C)(C)CCOCn1c(CNc2nc(N3CC4CCC(C3)N4C(=O)OCc3ccccc3)nc3c(C(F)(F)F)cnn23)nc2c(F)cccc21. The Hall–Kier alpha value is -4.64. The van der Waals surface area contributed by atoms with Crippen LogP contribution >= 0.6 is 10.0 Å². The van der Waals surface area contributed by atoms with E-state index in [9.17, 15) is 22.4 Å². The van der Waals surface area contributed by atoms with Crippen molar-refractivity contribution in [2.45, 2.75) is 51.0 Å². The molecule has 2 aromatic carbocycles. The molecule has 2 saturated heterocycles. The van der Waals surface area contributed by atoms with Gasteiger partial charge in [-0.3, -0.25) is 4.90 Å². The van der Waals surface area contributed by atoms with E-state index in [-0.39, 0.29) is 49.4 Å². The predicted octanol–water partition coefficient (Wildman–Crippen LogP) is 5.90. The molecule has 2 unspecified atom stereocenters. The van der Waals surface area contributed by atoms with E-state index in [1.165, 1.54) is 6.07 Å². The third-order valence-corrected chi connectivity index (χ3v) is 10.5. The lowest BCUT2D eigenvalue weighted by atomic mass is 10.2. The zero-order valence-electron chi connectivity index (χ0n) is 28.4. The number of benzene rings is 2. The molecule has 2 aliphatic heterocycles. The van der Waals surface area contributed by atoms with Crippen LogP contribution in [0.3, 0.4) is 0 Å². The van der Waals surface area contributed by atoms with Crippen LogP contribution in [0.1, 0.15) is 29.8 Å². The van der Waals surface area contributed by atoms with E-state index in [4.69, 9.17) is 9.47 Å². The Morgan fingerprint density at radius 3 is 2.45 bits per heavy atom. The van der Waals surface area contributed by atoms with Crippen LogP contribution in [-0.4, -0.2) is 96.4 Å². The molecule has 2 bridgehead atoms. The monoisotopic (exact) mass is 729 g/mol. The van der Waals surface area contributed by atoms with Crippen molar-refractivity contribution in [1.29, 1.82) is 0 Å². The summed E-state index contributed by atoms with van der Waals surface area (Å²) in [6.45, 7) is 1.35. The first-order valence-corrected chi connectivity index (χ1v) is 19.6. The summed E-state index contributed by atoms with van der Waals surface area (Å²) in [7, 11) is -0.793. The molecule has 2 aliphatic rings. The molecule has 3 aromatic heterocycles. The minimum absolute atomic E-state index is 0.00104. The van der Waals surface area contributed by atoms with Crippen LogP contribution in [0.2, 0.25) is 0 Å². The highest BCUT2D eigenvalue weighted by atomic mass is 32.3. The maximum Gasteiger partial charge on any atom is 0.421 e. The number of amides is 1. The molecule has 2 fully saturated rings. The number of hydrogen-bond acceptors (Lipinski definition) is 9. The zero-order chi connectivity index (χ0) is 35.9. The second-order valence-electron chi connectivity index (χ2n) is 13.6. The normalized spacial score (nSPS) is 18.2. The Kier molecular flexibility index (Phi) is 9.43. The molecule has 0 aliphatic carbocycles. The van der Waals surface area contributed by atoms with Crippen LogP contribution < -0.4 is 10.2 Å². The molecule has 0 radical (unpaired) electrons. The van der Waals surface area contributed by atoms with Crippen molar-refractivity contribution in [3.8, 4) is 0 Å². The number of aromatic nitrogens is 6. The van der Waals surface area contributed by atoms with Crippen LogP contribution in [0.25, 0.3) is 16.7 Å². The first-order chi connectivity index (χ1) is 24.4. The van der Waals surface area contributed by atoms with Gasteiger partial charge in [-0.2, -0.15) is 32.8 Å². The van der Waals surface area contributed by atoms with Crippen molar-refractivity contribution in [2.75, 3.05) is 54.4 Å². The van der Waals surface area contributed by atoms with Crippen LogP contribution in [0.5, 0.6) is 0 Å². The Balaban J connectivity index is 1.14. The fourth-order valence-electron chi connectivity index (χ4n) is 6.54. The standard InChI is InChI=1S/C34H39F4N9O3S/c1-51(2,3)15-14-49-21-45-27-11-7-10-26(35)29(27)41-28(45)17-39-31-43-32(42-30-25(34(36,37)38)16-40-47(30)31)44-18-23-12-13-24(19-44)46(23)33(48)50-20-22-8-5-4-6-9-22/h4-11,16,23-24H,12-15,17-21H2,1-3H3,(H,39,42,43). The summed E-state index contributed by atoms with van der Waals surface area (Å²) in [5.41, 5.74) is 0.123. The van der Waals surface area contributed by atoms with Gasteiger partial charge in [-0.1, -0.05) is 36.4 Å². The number of fused-ring (bicyclic) bond motifs is 4. The number of halogens is 4. The number of para-hydroxylation sites is 1. The number of carbonyl (C=O) groups is 1. The van der Waals surface area contributed by atoms with Gasteiger partial charge in [0.25, 0.3) is 0 Å². The van der Waals surface area contributed by atoms with E-state index in [0.29, 0.717) is 43.9 Å². The van der Waals surface area contributed by atoms with Gasteiger partial charge < -0.3 is 24.3 Å². The highest BCUT2D eigenvalue weighted by Crippen LogP contribution is 2.36. The van der Waals surface area contributed by atoms with Gasteiger partial charge in [-0.25, -0.2) is 24.2 Å². The van der Waals surface area contributed by atoms with Gasteiger partial charge in [0.05, 0.1) is 36.9 Å². The Labute approximate surface area is 293 Å². The number of rotatable bonds is 11. The molecular weight excluding hydrogens is 690 g/mol. The van der Waals surface area contributed by atoms with Crippen LogP contribution in [-0.2, 0) is 35.5 Å². The summed E-state index contributed by atoms with van der Waals surface area (Å²) in [4.78, 5) is 30.2. The zero-order valence-corrected chi connectivity index (χ0v) is 29.3. The Morgan fingerprint density at radius 2 is 1.75 bits per heavy atom. The van der Waals surface area contributed by atoms with Gasteiger partial charge >= 0.3 is 12.3 Å². The summed E-state index contributed by atoms with van der Waals surface area (Å²) < 4.78 is 71.6. The summed E-state index contributed by atoms with van der Waals surface area (Å²) in [5, 5.41) is 7.08. The minimum Gasteiger partial charge on any atom is -0.445 e. The highest BCUT2D eigenvalue weighted by Gasteiger charge is 2.45. The lowest BCUT2D eigenvalue weighted by Gasteiger charge is -2.40. The Morgan fingerprint density at radius 1 is 1.00 bits per heavy atom. The first kappa shape index (κ1) is 34.8. The summed E-state index contributed by atoms with van der Waals surface area (Å²) in [6.07, 6.45) is 3.56. The van der Waals surface area contributed by atoms with Crippen LogP contribution in [0.4, 0.5) is 34.3 Å². The van der Waals surface area contributed by atoms with Crippen molar-refractivity contribution in [2.24, 2.45) is 0 Å². The van der Waals surface area contributed by atoms with Gasteiger partial charge in [0.15, 0.2) is 11.5 Å². The van der Waals surface area contributed by atoms with Crippen molar-refractivity contribution in [3.63, 3.8) is 0 Å². The molecule has 0 saturated carbocycles. The molecule has 272 valence electrons. The maximum atomic E-state index is 14.8. The average Bonchev–Trinajstić information content (AvgIpc) is 3.76. The number of nitrogens with zero attached hydrogens (tertiary/aromatic N) is 8. The first-order valence-electron chi connectivity index (χ1n) is 16.5. The van der Waals surface area contributed by atoms with E-state index in [2.05, 4.69) is 44.1 Å². The van der Waals surface area contributed by atoms with E-state index in [1.807, 2.05) is 30.3 Å². The number of carbonyl (C=O) groups excluding carboxylic acids is 1. The van der Waals surface area contributed by atoms with Crippen molar-refractivity contribution < 1.29 is 31.8 Å². The third-order valence-electron chi connectivity index (χ3n) is 9.12. The van der Waals surface area contributed by atoms with Gasteiger partial charge in [0.1, 0.15) is 30.2 Å². The van der Waals surface area contributed by atoms with Gasteiger partial charge in [-0.05, 0) is 49.3 Å². The summed E-state index contributed by atoms with van der Waals surface area (Å²) in [6, 6.07) is 13.6. The summed E-state index contributed by atoms with van der Waals surface area (Å²) in [5.74, 6) is 0.847. The molecule has 51 heavy (non-hydrogen) atoms. The topological polar surface area (TPSA) is 115 Å². The van der Waals surface area contributed by atoms with Crippen LogP contribution in [0, 0.1) is 5.82 Å². The number of nitrogens with one attached hydrogen (secondary N) is 1. The smallest absolute Gasteiger partial charge is 0.421 e. The predicted molar refractivity (Wildman–Crippen MR) is 186 cm³/mol.